The first kappa shape index (κ1) is 16.4. The molecule has 0 bridgehead atoms. The first-order valence-electron chi connectivity index (χ1n) is 7.71. The number of nitroso groups, excluding NO2 is 1. The Morgan fingerprint density at radius 3 is 2.12 bits per heavy atom. The lowest BCUT2D eigenvalue weighted by Gasteiger charge is -2.10. The zero-order valence-corrected chi connectivity index (χ0v) is 13.3. The molecule has 0 aliphatic carbocycles. The Morgan fingerprint density at radius 1 is 0.920 bits per heavy atom. The number of benzene rings is 2. The van der Waals surface area contributed by atoms with Gasteiger partial charge in [0.1, 0.15) is 5.82 Å². The molecule has 1 heterocycles. The van der Waals surface area contributed by atoms with Gasteiger partial charge in [-0.2, -0.15) is 0 Å². The zero-order chi connectivity index (χ0) is 17.6. The highest BCUT2D eigenvalue weighted by Gasteiger charge is 2.15. The van der Waals surface area contributed by atoms with Crippen molar-refractivity contribution in [2.75, 3.05) is 5.32 Å². The molecule has 0 spiro atoms. The summed E-state index contributed by atoms with van der Waals surface area (Å²) in [6.45, 7) is 0.415. The molecule has 3 aromatic rings. The lowest BCUT2D eigenvalue weighted by atomic mass is 10.2. The van der Waals surface area contributed by atoms with Crippen molar-refractivity contribution >= 4 is 11.5 Å². The normalized spacial score (nSPS) is 10.4. The van der Waals surface area contributed by atoms with Crippen molar-refractivity contribution in [2.45, 2.75) is 13.1 Å². The number of hydrogen-bond donors (Lipinski definition) is 2. The number of H-pyrrole nitrogens is 1. The largest absolute Gasteiger partial charge is 0.365 e. The Balaban J connectivity index is 1.92. The highest BCUT2D eigenvalue weighted by atomic mass is 16.3. The molecule has 0 saturated heterocycles. The molecule has 0 fully saturated rings. The van der Waals surface area contributed by atoms with Gasteiger partial charge < -0.3 is 5.32 Å². The molecule has 0 unspecified atom stereocenters. The van der Waals surface area contributed by atoms with E-state index in [2.05, 4.69) is 15.5 Å². The number of nitrogens with one attached hydrogen (secondary N) is 2. The number of anilines is 1. The minimum atomic E-state index is -0.724. The molecule has 0 aliphatic heterocycles. The van der Waals surface area contributed by atoms with Gasteiger partial charge in [0.25, 0.3) is 5.56 Å². The Kier molecular flexibility index (Phi) is 4.84. The fourth-order valence-corrected chi connectivity index (χ4v) is 2.47. The van der Waals surface area contributed by atoms with Crippen LogP contribution in [0.15, 0.2) is 75.4 Å². The third-order valence-corrected chi connectivity index (χ3v) is 3.75. The Labute approximate surface area is 142 Å². The average molecular weight is 336 g/mol. The van der Waals surface area contributed by atoms with Crippen molar-refractivity contribution < 1.29 is 0 Å². The highest BCUT2D eigenvalue weighted by Crippen LogP contribution is 2.16. The quantitative estimate of drug-likeness (QED) is 0.676. The van der Waals surface area contributed by atoms with Crippen LogP contribution in [0.25, 0.3) is 0 Å². The van der Waals surface area contributed by atoms with Crippen LogP contribution < -0.4 is 16.6 Å². The van der Waals surface area contributed by atoms with Crippen LogP contribution in [0, 0.1) is 4.91 Å². The maximum atomic E-state index is 12.5. The minimum Gasteiger partial charge on any atom is -0.365 e. The molecule has 7 heteroatoms. The van der Waals surface area contributed by atoms with E-state index < -0.39 is 11.2 Å². The lowest BCUT2D eigenvalue weighted by molar-refractivity contribution is 0.700. The predicted molar refractivity (Wildman–Crippen MR) is 96.1 cm³/mol. The molecule has 0 amide bonds. The average Bonchev–Trinajstić information content (AvgIpc) is 2.65. The second-order valence-corrected chi connectivity index (χ2v) is 5.46. The van der Waals surface area contributed by atoms with Crippen molar-refractivity contribution in [2.24, 2.45) is 5.18 Å². The summed E-state index contributed by atoms with van der Waals surface area (Å²) in [5.41, 5.74) is 0.0482. The summed E-state index contributed by atoms with van der Waals surface area (Å²) in [4.78, 5) is 38.4. The van der Waals surface area contributed by atoms with Crippen LogP contribution in [0.4, 0.5) is 11.5 Å². The summed E-state index contributed by atoms with van der Waals surface area (Å²) >= 11 is 0. The van der Waals surface area contributed by atoms with E-state index in [9.17, 15) is 14.5 Å². The molecule has 0 saturated carbocycles. The van der Waals surface area contributed by atoms with Crippen LogP contribution in [0.5, 0.6) is 0 Å². The maximum Gasteiger partial charge on any atom is 0.330 e. The summed E-state index contributed by atoms with van der Waals surface area (Å²) in [5.74, 6) is 0.0261. The fraction of sp³-hybridized carbons (Fsp3) is 0.111. The standard InChI is InChI=1S/C18H16N4O3/c23-17-15(21-25)16(19-11-13-7-3-1-4-8-13)20-18(24)22(17)12-14-9-5-2-6-10-14/h1-10,19H,11-12H2,(H,20,24). The van der Waals surface area contributed by atoms with Gasteiger partial charge in [0.15, 0.2) is 0 Å². The van der Waals surface area contributed by atoms with Crippen molar-refractivity contribution in [3.05, 3.63) is 97.5 Å². The Morgan fingerprint density at radius 2 is 1.52 bits per heavy atom. The van der Waals surface area contributed by atoms with Gasteiger partial charge in [-0.25, -0.2) is 4.79 Å². The second-order valence-electron chi connectivity index (χ2n) is 5.46. The molecule has 3 rings (SSSR count). The van der Waals surface area contributed by atoms with Gasteiger partial charge in [-0.15, -0.1) is 4.91 Å². The third kappa shape index (κ3) is 3.72. The molecule has 1 aromatic heterocycles. The van der Waals surface area contributed by atoms with Gasteiger partial charge in [-0.3, -0.25) is 14.3 Å². The number of hydrogen-bond acceptors (Lipinski definition) is 5. The summed E-state index contributed by atoms with van der Waals surface area (Å²) in [6, 6.07) is 18.4. The van der Waals surface area contributed by atoms with Crippen molar-refractivity contribution in [1.29, 1.82) is 0 Å². The van der Waals surface area contributed by atoms with Crippen molar-refractivity contribution in [3.63, 3.8) is 0 Å². The van der Waals surface area contributed by atoms with Gasteiger partial charge in [0, 0.05) is 6.54 Å². The van der Waals surface area contributed by atoms with E-state index in [1.54, 1.807) is 12.1 Å². The predicted octanol–water partition coefficient (Wildman–Crippen LogP) is 2.59. The van der Waals surface area contributed by atoms with Crippen molar-refractivity contribution in [3.8, 4) is 0 Å². The highest BCUT2D eigenvalue weighted by molar-refractivity contribution is 5.58. The number of aromatic amines is 1. The van der Waals surface area contributed by atoms with Crippen LogP contribution in [0.3, 0.4) is 0 Å². The molecule has 25 heavy (non-hydrogen) atoms. The molecular formula is C18H16N4O3. The van der Waals surface area contributed by atoms with E-state index in [0.29, 0.717) is 6.54 Å². The number of rotatable bonds is 6. The molecule has 0 atom stereocenters. The van der Waals surface area contributed by atoms with Gasteiger partial charge in [-0.05, 0) is 16.3 Å². The maximum absolute atomic E-state index is 12.5. The summed E-state index contributed by atoms with van der Waals surface area (Å²) in [7, 11) is 0. The smallest absolute Gasteiger partial charge is 0.330 e. The molecule has 126 valence electrons. The fourth-order valence-electron chi connectivity index (χ4n) is 2.47. The SMILES string of the molecule is O=Nc1c(NCc2ccccc2)[nH]c(=O)n(Cc2ccccc2)c1=O. The molecule has 2 N–H and O–H groups in total. The van der Waals surface area contributed by atoms with Gasteiger partial charge >= 0.3 is 5.69 Å². The zero-order valence-electron chi connectivity index (χ0n) is 13.3. The van der Waals surface area contributed by atoms with Gasteiger partial charge in [0.05, 0.1) is 6.54 Å². The van der Waals surface area contributed by atoms with E-state index in [-0.39, 0.29) is 18.1 Å². The molecule has 7 nitrogen and oxygen atoms in total. The first-order chi connectivity index (χ1) is 12.2. The van der Waals surface area contributed by atoms with E-state index in [4.69, 9.17) is 0 Å². The van der Waals surface area contributed by atoms with Gasteiger partial charge in [-0.1, -0.05) is 60.7 Å². The monoisotopic (exact) mass is 336 g/mol. The minimum absolute atomic E-state index is 0.0261. The van der Waals surface area contributed by atoms with Crippen LogP contribution in [0.2, 0.25) is 0 Å². The van der Waals surface area contributed by atoms with E-state index in [1.807, 2.05) is 48.5 Å². The Bertz CT molecular complexity index is 979. The summed E-state index contributed by atoms with van der Waals surface area (Å²) in [6.07, 6.45) is 0. The van der Waals surface area contributed by atoms with E-state index >= 15 is 0 Å². The topological polar surface area (TPSA) is 96.3 Å². The number of nitrogens with zero attached hydrogens (tertiary/aromatic N) is 2. The van der Waals surface area contributed by atoms with Crippen LogP contribution in [-0.4, -0.2) is 9.55 Å². The summed E-state index contributed by atoms with van der Waals surface area (Å²) < 4.78 is 0.958. The molecule has 2 aromatic carbocycles. The molecule has 0 aliphatic rings. The second kappa shape index (κ2) is 7.39. The van der Waals surface area contributed by atoms with Crippen LogP contribution in [0.1, 0.15) is 11.1 Å². The number of aromatic nitrogens is 2. The summed E-state index contributed by atoms with van der Waals surface area (Å²) in [5, 5.41) is 5.70. The first-order valence-corrected chi connectivity index (χ1v) is 7.71. The Hall–Kier alpha value is -3.48. The lowest BCUT2D eigenvalue weighted by Crippen LogP contribution is -2.36. The van der Waals surface area contributed by atoms with Crippen LogP contribution >= 0.6 is 0 Å². The van der Waals surface area contributed by atoms with E-state index in [1.165, 1.54) is 0 Å². The molecule has 0 radical (unpaired) electrons. The van der Waals surface area contributed by atoms with E-state index in [0.717, 1.165) is 15.7 Å². The van der Waals surface area contributed by atoms with Crippen molar-refractivity contribution in [1.82, 2.24) is 9.55 Å². The third-order valence-electron chi connectivity index (χ3n) is 3.75. The van der Waals surface area contributed by atoms with Crippen LogP contribution in [-0.2, 0) is 13.1 Å². The van der Waals surface area contributed by atoms with Gasteiger partial charge in [0.2, 0.25) is 5.69 Å². The molecular weight excluding hydrogens is 320 g/mol.